The van der Waals surface area contributed by atoms with Crippen molar-refractivity contribution in [1.82, 2.24) is 10.2 Å². The Morgan fingerprint density at radius 2 is 1.70 bits per heavy atom. The van der Waals surface area contributed by atoms with Crippen LogP contribution in [-0.2, 0) is 28.7 Å². The molecule has 1 N–H and O–H groups in total. The molecule has 27 heavy (non-hydrogen) atoms. The summed E-state index contributed by atoms with van der Waals surface area (Å²) in [6, 6.07) is 0. The molecule has 3 aliphatic heterocycles. The lowest BCUT2D eigenvalue weighted by Gasteiger charge is -2.19. The number of imide groups is 1. The van der Waals surface area contributed by atoms with Crippen LogP contribution in [0.2, 0.25) is 0 Å². The van der Waals surface area contributed by atoms with Crippen molar-refractivity contribution in [2.45, 2.75) is 57.8 Å². The molecule has 4 unspecified atom stereocenters. The van der Waals surface area contributed by atoms with Gasteiger partial charge in [-0.25, -0.2) is 0 Å². The van der Waals surface area contributed by atoms with Gasteiger partial charge in [0, 0.05) is 13.0 Å². The number of ether oxygens (including phenoxy) is 2. The molecule has 4 atom stereocenters. The average molecular weight is 378 g/mol. The zero-order valence-corrected chi connectivity index (χ0v) is 15.9. The highest BCUT2D eigenvalue weighted by Crippen LogP contribution is 2.45. The second kappa shape index (κ2) is 7.42. The molecule has 0 aromatic carbocycles. The fraction of sp³-hybridized carbons (Fsp3) is 0.684. The number of unbranched alkanes of at least 4 members (excludes halogenated alkanes) is 1. The van der Waals surface area contributed by atoms with Crippen molar-refractivity contribution >= 4 is 23.7 Å². The van der Waals surface area contributed by atoms with Crippen molar-refractivity contribution in [3.63, 3.8) is 0 Å². The summed E-state index contributed by atoms with van der Waals surface area (Å²) in [6.45, 7) is 5.42. The molecule has 0 aliphatic carbocycles. The summed E-state index contributed by atoms with van der Waals surface area (Å²) in [4.78, 5) is 49.6. The SMILES string of the molecule is CC(C)(C)OC(=O)CNC(=O)CCCCN1C(=O)C2C3C=CC(O3)C2C1=O. The number of rotatable bonds is 7. The molecule has 2 saturated heterocycles. The van der Waals surface area contributed by atoms with Gasteiger partial charge in [-0.2, -0.15) is 0 Å². The van der Waals surface area contributed by atoms with Crippen molar-refractivity contribution in [1.29, 1.82) is 0 Å². The second-order valence-corrected chi connectivity index (χ2v) is 8.15. The van der Waals surface area contributed by atoms with Crippen molar-refractivity contribution in [2.75, 3.05) is 13.1 Å². The van der Waals surface area contributed by atoms with Crippen LogP contribution in [0.5, 0.6) is 0 Å². The molecule has 0 aromatic rings. The minimum absolute atomic E-state index is 0.168. The van der Waals surface area contributed by atoms with Gasteiger partial charge in [-0.3, -0.25) is 24.1 Å². The number of fused-ring (bicyclic) bond motifs is 5. The number of nitrogens with zero attached hydrogens (tertiary/aromatic N) is 1. The number of carbonyl (C=O) groups is 4. The van der Waals surface area contributed by atoms with Gasteiger partial charge >= 0.3 is 5.97 Å². The maximum Gasteiger partial charge on any atom is 0.325 e. The molecule has 2 fully saturated rings. The third-order valence-electron chi connectivity index (χ3n) is 4.89. The quantitative estimate of drug-likeness (QED) is 0.300. The Balaban J connectivity index is 1.35. The van der Waals surface area contributed by atoms with Crippen LogP contribution in [0.3, 0.4) is 0 Å². The van der Waals surface area contributed by atoms with Crippen molar-refractivity contribution in [2.24, 2.45) is 11.8 Å². The molecule has 0 saturated carbocycles. The number of likely N-dealkylation sites (tertiary alicyclic amines) is 1. The van der Waals surface area contributed by atoms with Gasteiger partial charge in [0.05, 0.1) is 24.0 Å². The van der Waals surface area contributed by atoms with Crippen LogP contribution in [0.4, 0.5) is 0 Å². The van der Waals surface area contributed by atoms with Gasteiger partial charge in [-0.15, -0.1) is 0 Å². The molecule has 3 heterocycles. The van der Waals surface area contributed by atoms with Crippen LogP contribution in [0.25, 0.3) is 0 Å². The van der Waals surface area contributed by atoms with E-state index in [9.17, 15) is 19.2 Å². The number of esters is 1. The predicted octanol–water partition coefficient (Wildman–Crippen LogP) is 0.553. The molecule has 3 amide bonds. The summed E-state index contributed by atoms with van der Waals surface area (Å²) < 4.78 is 10.7. The van der Waals surface area contributed by atoms with E-state index in [4.69, 9.17) is 9.47 Å². The highest BCUT2D eigenvalue weighted by molar-refractivity contribution is 6.06. The molecule has 3 aliphatic rings. The summed E-state index contributed by atoms with van der Waals surface area (Å²) >= 11 is 0. The lowest BCUT2D eigenvalue weighted by molar-refractivity contribution is -0.154. The van der Waals surface area contributed by atoms with Crippen LogP contribution in [0.15, 0.2) is 12.2 Å². The van der Waals surface area contributed by atoms with E-state index in [1.807, 2.05) is 12.2 Å². The highest BCUT2D eigenvalue weighted by atomic mass is 16.6. The Kier molecular flexibility index (Phi) is 5.37. The van der Waals surface area contributed by atoms with Crippen LogP contribution in [0, 0.1) is 11.8 Å². The molecule has 8 heteroatoms. The number of nitrogens with one attached hydrogen (secondary N) is 1. The van der Waals surface area contributed by atoms with Crippen molar-refractivity contribution in [3.05, 3.63) is 12.2 Å². The standard InChI is InChI=1S/C19H26N2O6/c1-19(2,3)27-14(23)10-20-13(22)6-4-5-9-21-17(24)15-11-7-8-12(26-11)16(15)18(21)25/h7-8,11-12,15-16H,4-6,9-10H2,1-3H3,(H,20,22). The summed E-state index contributed by atoms with van der Waals surface area (Å²) in [5.74, 6) is -1.85. The topological polar surface area (TPSA) is 102 Å². The van der Waals surface area contributed by atoms with E-state index in [2.05, 4.69) is 5.32 Å². The van der Waals surface area contributed by atoms with E-state index >= 15 is 0 Å². The summed E-state index contributed by atoms with van der Waals surface area (Å²) in [5.41, 5.74) is -0.588. The van der Waals surface area contributed by atoms with E-state index in [0.29, 0.717) is 19.4 Å². The monoisotopic (exact) mass is 378 g/mol. The van der Waals surface area contributed by atoms with E-state index in [0.717, 1.165) is 0 Å². The summed E-state index contributed by atoms with van der Waals surface area (Å²) in [6.07, 6.45) is 4.45. The Labute approximate surface area is 158 Å². The van der Waals surface area contributed by atoms with Gasteiger partial charge in [0.25, 0.3) is 0 Å². The molecule has 0 spiro atoms. The van der Waals surface area contributed by atoms with Crippen LogP contribution in [-0.4, -0.2) is 59.5 Å². The molecule has 2 bridgehead atoms. The Hall–Kier alpha value is -2.22. The molecule has 0 aromatic heterocycles. The highest BCUT2D eigenvalue weighted by Gasteiger charge is 2.60. The largest absolute Gasteiger partial charge is 0.459 e. The van der Waals surface area contributed by atoms with Crippen LogP contribution in [0.1, 0.15) is 40.0 Å². The van der Waals surface area contributed by atoms with E-state index in [1.165, 1.54) is 4.90 Å². The Morgan fingerprint density at radius 1 is 1.11 bits per heavy atom. The van der Waals surface area contributed by atoms with Gasteiger partial charge in [-0.05, 0) is 33.6 Å². The van der Waals surface area contributed by atoms with Gasteiger partial charge < -0.3 is 14.8 Å². The first kappa shape index (κ1) is 19.5. The Morgan fingerprint density at radius 3 is 2.26 bits per heavy atom. The fourth-order valence-corrected chi connectivity index (χ4v) is 3.78. The predicted molar refractivity (Wildman–Crippen MR) is 94.2 cm³/mol. The minimum atomic E-state index is -0.588. The molecule has 0 radical (unpaired) electrons. The number of carbonyl (C=O) groups excluding carboxylic acids is 4. The average Bonchev–Trinajstić information content (AvgIpc) is 3.24. The third kappa shape index (κ3) is 4.21. The maximum atomic E-state index is 12.5. The summed E-state index contributed by atoms with van der Waals surface area (Å²) in [5, 5.41) is 2.52. The maximum absolute atomic E-state index is 12.5. The van der Waals surface area contributed by atoms with E-state index < -0.39 is 11.6 Å². The number of amides is 3. The van der Waals surface area contributed by atoms with Gasteiger partial charge in [0.1, 0.15) is 12.1 Å². The number of hydrogen-bond donors (Lipinski definition) is 1. The van der Waals surface area contributed by atoms with Gasteiger partial charge in [0.2, 0.25) is 17.7 Å². The molecule has 8 nitrogen and oxygen atoms in total. The van der Waals surface area contributed by atoms with E-state index in [1.54, 1.807) is 20.8 Å². The Bertz CT molecular complexity index is 650. The van der Waals surface area contributed by atoms with Gasteiger partial charge in [0.15, 0.2) is 0 Å². The first-order valence-electron chi connectivity index (χ1n) is 9.35. The fourth-order valence-electron chi connectivity index (χ4n) is 3.78. The second-order valence-electron chi connectivity index (χ2n) is 8.15. The van der Waals surface area contributed by atoms with E-state index in [-0.39, 0.29) is 54.7 Å². The van der Waals surface area contributed by atoms with Gasteiger partial charge in [-0.1, -0.05) is 12.2 Å². The normalized spacial score (nSPS) is 28.6. The molecular weight excluding hydrogens is 352 g/mol. The summed E-state index contributed by atoms with van der Waals surface area (Å²) in [7, 11) is 0. The lowest BCUT2D eigenvalue weighted by atomic mass is 9.85. The zero-order chi connectivity index (χ0) is 19.8. The molecule has 148 valence electrons. The first-order chi connectivity index (χ1) is 12.7. The lowest BCUT2D eigenvalue weighted by Crippen LogP contribution is -2.36. The first-order valence-corrected chi connectivity index (χ1v) is 9.35. The van der Waals surface area contributed by atoms with Crippen LogP contribution < -0.4 is 5.32 Å². The molecular formula is C19H26N2O6. The van der Waals surface area contributed by atoms with Crippen LogP contribution >= 0.6 is 0 Å². The zero-order valence-electron chi connectivity index (χ0n) is 15.9. The van der Waals surface area contributed by atoms with Crippen molar-refractivity contribution in [3.8, 4) is 0 Å². The third-order valence-corrected chi connectivity index (χ3v) is 4.89. The van der Waals surface area contributed by atoms with Crippen molar-refractivity contribution < 1.29 is 28.7 Å². The molecule has 3 rings (SSSR count). The number of hydrogen-bond acceptors (Lipinski definition) is 6. The minimum Gasteiger partial charge on any atom is -0.459 e. The smallest absolute Gasteiger partial charge is 0.325 e.